The summed E-state index contributed by atoms with van der Waals surface area (Å²) < 4.78 is 0. The molecule has 7 heteroatoms. The van der Waals surface area contributed by atoms with E-state index >= 15 is 0 Å². The van der Waals surface area contributed by atoms with E-state index in [1.54, 1.807) is 6.20 Å². The van der Waals surface area contributed by atoms with Gasteiger partial charge in [-0.3, -0.25) is 14.6 Å². The van der Waals surface area contributed by atoms with Crippen molar-refractivity contribution in [3.05, 3.63) is 18.1 Å². The summed E-state index contributed by atoms with van der Waals surface area (Å²) in [5.41, 5.74) is 5.10. The standard InChI is InChI=1S/C16H23N5O2/c1-11(2)21-6-3-4-16(15(21)23)5-7-20(10-16)13-9-18-8-12(19-13)14(17)22/h8-9,11H,3-7,10H2,1-2H3,(H2,17,22)/t16-/m1/s1. The van der Waals surface area contributed by atoms with Crippen LogP contribution in [0.4, 0.5) is 5.82 Å². The summed E-state index contributed by atoms with van der Waals surface area (Å²) in [6.07, 6.45) is 5.75. The third kappa shape index (κ3) is 2.75. The summed E-state index contributed by atoms with van der Waals surface area (Å²) in [5, 5.41) is 0. The first-order valence-electron chi connectivity index (χ1n) is 8.11. The first-order valence-corrected chi connectivity index (χ1v) is 8.11. The Hall–Kier alpha value is -2.18. The van der Waals surface area contributed by atoms with Gasteiger partial charge in [0.1, 0.15) is 11.5 Å². The zero-order chi connectivity index (χ0) is 16.6. The van der Waals surface area contributed by atoms with Crippen molar-refractivity contribution in [3.63, 3.8) is 0 Å². The van der Waals surface area contributed by atoms with Crippen molar-refractivity contribution >= 4 is 17.6 Å². The third-order valence-corrected chi connectivity index (χ3v) is 4.94. The predicted octanol–water partition coefficient (Wildman–Crippen LogP) is 0.803. The molecule has 2 amide bonds. The smallest absolute Gasteiger partial charge is 0.268 e. The van der Waals surface area contributed by atoms with Crippen LogP contribution >= 0.6 is 0 Å². The zero-order valence-corrected chi connectivity index (χ0v) is 13.7. The van der Waals surface area contributed by atoms with Gasteiger partial charge in [-0.15, -0.1) is 0 Å². The van der Waals surface area contributed by atoms with Gasteiger partial charge in [0.25, 0.3) is 5.91 Å². The molecule has 2 fully saturated rings. The third-order valence-electron chi connectivity index (χ3n) is 4.94. The van der Waals surface area contributed by atoms with Gasteiger partial charge in [-0.1, -0.05) is 0 Å². The number of carbonyl (C=O) groups is 2. The van der Waals surface area contributed by atoms with Crippen LogP contribution in [0.5, 0.6) is 0 Å². The van der Waals surface area contributed by atoms with E-state index in [1.165, 1.54) is 6.20 Å². The Labute approximate surface area is 135 Å². The lowest BCUT2D eigenvalue weighted by Gasteiger charge is -2.41. The summed E-state index contributed by atoms with van der Waals surface area (Å²) >= 11 is 0. The lowest BCUT2D eigenvalue weighted by molar-refractivity contribution is -0.147. The van der Waals surface area contributed by atoms with Crippen LogP contribution in [-0.2, 0) is 4.79 Å². The SMILES string of the molecule is CC(C)N1CCC[C@]2(CCN(c3cncc(C(N)=O)n3)C2)C1=O. The van der Waals surface area contributed by atoms with Crippen molar-refractivity contribution < 1.29 is 9.59 Å². The molecule has 1 spiro atoms. The molecule has 0 aromatic carbocycles. The maximum absolute atomic E-state index is 12.9. The number of hydrogen-bond donors (Lipinski definition) is 1. The molecule has 23 heavy (non-hydrogen) atoms. The number of anilines is 1. The minimum atomic E-state index is -0.590. The summed E-state index contributed by atoms with van der Waals surface area (Å²) in [6.45, 7) is 6.34. The van der Waals surface area contributed by atoms with Crippen molar-refractivity contribution in [2.45, 2.75) is 39.2 Å². The van der Waals surface area contributed by atoms with Crippen LogP contribution in [0.1, 0.15) is 43.6 Å². The van der Waals surface area contributed by atoms with E-state index in [0.717, 1.165) is 32.4 Å². The van der Waals surface area contributed by atoms with Gasteiger partial charge in [0.15, 0.2) is 0 Å². The van der Waals surface area contributed by atoms with E-state index in [9.17, 15) is 9.59 Å². The fourth-order valence-corrected chi connectivity index (χ4v) is 3.67. The maximum atomic E-state index is 12.9. The number of carbonyl (C=O) groups excluding carboxylic acids is 2. The first-order chi connectivity index (χ1) is 10.9. The van der Waals surface area contributed by atoms with Crippen LogP contribution < -0.4 is 10.6 Å². The molecular formula is C16H23N5O2. The quantitative estimate of drug-likeness (QED) is 0.890. The second kappa shape index (κ2) is 5.79. The largest absolute Gasteiger partial charge is 0.364 e. The second-order valence-electron chi connectivity index (χ2n) is 6.77. The molecule has 2 N–H and O–H groups in total. The van der Waals surface area contributed by atoms with Gasteiger partial charge >= 0.3 is 0 Å². The van der Waals surface area contributed by atoms with Crippen LogP contribution in [0.15, 0.2) is 12.4 Å². The van der Waals surface area contributed by atoms with Gasteiger partial charge in [0, 0.05) is 25.7 Å². The Morgan fingerprint density at radius 1 is 1.30 bits per heavy atom. The van der Waals surface area contributed by atoms with Gasteiger partial charge in [0.2, 0.25) is 5.91 Å². The van der Waals surface area contributed by atoms with Crippen molar-refractivity contribution in [2.75, 3.05) is 24.5 Å². The first kappa shape index (κ1) is 15.7. The number of aromatic nitrogens is 2. The normalized spacial score (nSPS) is 24.7. The fraction of sp³-hybridized carbons (Fsp3) is 0.625. The molecule has 0 aliphatic carbocycles. The molecule has 3 heterocycles. The molecule has 0 radical (unpaired) electrons. The van der Waals surface area contributed by atoms with E-state index in [1.807, 2.05) is 9.80 Å². The Kier molecular flexibility index (Phi) is 3.95. The summed E-state index contributed by atoms with van der Waals surface area (Å²) in [6, 6.07) is 0.228. The number of hydrogen-bond acceptors (Lipinski definition) is 5. The van der Waals surface area contributed by atoms with E-state index in [0.29, 0.717) is 12.4 Å². The molecule has 1 aromatic rings. The molecule has 7 nitrogen and oxygen atoms in total. The van der Waals surface area contributed by atoms with Gasteiger partial charge in [0.05, 0.1) is 17.8 Å². The van der Waals surface area contributed by atoms with Crippen LogP contribution in [0.3, 0.4) is 0 Å². The molecule has 2 aliphatic rings. The van der Waals surface area contributed by atoms with Crippen molar-refractivity contribution in [1.29, 1.82) is 0 Å². The lowest BCUT2D eigenvalue weighted by atomic mass is 9.78. The Morgan fingerprint density at radius 2 is 2.09 bits per heavy atom. The lowest BCUT2D eigenvalue weighted by Crippen LogP contribution is -2.52. The highest BCUT2D eigenvalue weighted by molar-refractivity contribution is 5.90. The van der Waals surface area contributed by atoms with E-state index in [-0.39, 0.29) is 23.1 Å². The van der Waals surface area contributed by atoms with Gasteiger partial charge < -0.3 is 15.5 Å². The number of rotatable bonds is 3. The molecule has 0 bridgehead atoms. The van der Waals surface area contributed by atoms with Crippen LogP contribution in [0.25, 0.3) is 0 Å². The molecule has 0 unspecified atom stereocenters. The summed E-state index contributed by atoms with van der Waals surface area (Å²) in [4.78, 5) is 36.6. The molecule has 124 valence electrons. The van der Waals surface area contributed by atoms with Crippen LogP contribution in [0.2, 0.25) is 0 Å². The highest BCUT2D eigenvalue weighted by atomic mass is 16.2. The van der Waals surface area contributed by atoms with Crippen molar-refractivity contribution in [3.8, 4) is 0 Å². The molecular weight excluding hydrogens is 294 g/mol. The average Bonchev–Trinajstić information content (AvgIpc) is 2.95. The maximum Gasteiger partial charge on any atom is 0.268 e. The van der Waals surface area contributed by atoms with Gasteiger partial charge in [-0.25, -0.2) is 4.98 Å². The Balaban J connectivity index is 1.81. The van der Waals surface area contributed by atoms with E-state index in [4.69, 9.17) is 5.73 Å². The monoisotopic (exact) mass is 317 g/mol. The summed E-state index contributed by atoms with van der Waals surface area (Å²) in [5.74, 6) is 0.279. The number of piperidine rings is 1. The number of likely N-dealkylation sites (tertiary alicyclic amines) is 1. The number of primary amides is 1. The van der Waals surface area contributed by atoms with Crippen molar-refractivity contribution in [2.24, 2.45) is 11.1 Å². The highest BCUT2D eigenvalue weighted by Gasteiger charge is 2.49. The molecule has 2 aliphatic heterocycles. The van der Waals surface area contributed by atoms with Crippen LogP contribution in [-0.4, -0.2) is 52.4 Å². The molecule has 0 saturated carbocycles. The predicted molar refractivity (Wildman–Crippen MR) is 85.9 cm³/mol. The molecule has 1 atom stereocenters. The molecule has 2 saturated heterocycles. The van der Waals surface area contributed by atoms with Gasteiger partial charge in [-0.2, -0.15) is 0 Å². The van der Waals surface area contributed by atoms with Crippen molar-refractivity contribution in [1.82, 2.24) is 14.9 Å². The Bertz CT molecular complexity index is 633. The highest BCUT2D eigenvalue weighted by Crippen LogP contribution is 2.41. The minimum Gasteiger partial charge on any atom is -0.364 e. The van der Waals surface area contributed by atoms with Crippen LogP contribution in [0, 0.1) is 5.41 Å². The number of nitrogens with two attached hydrogens (primary N) is 1. The second-order valence-corrected chi connectivity index (χ2v) is 6.77. The zero-order valence-electron chi connectivity index (χ0n) is 13.7. The topological polar surface area (TPSA) is 92.4 Å². The number of amides is 2. The Morgan fingerprint density at radius 3 is 2.78 bits per heavy atom. The van der Waals surface area contributed by atoms with E-state index < -0.39 is 5.91 Å². The summed E-state index contributed by atoms with van der Waals surface area (Å²) in [7, 11) is 0. The minimum absolute atomic E-state index is 0.155. The van der Waals surface area contributed by atoms with E-state index in [2.05, 4.69) is 23.8 Å². The average molecular weight is 317 g/mol. The fourth-order valence-electron chi connectivity index (χ4n) is 3.67. The van der Waals surface area contributed by atoms with Gasteiger partial charge in [-0.05, 0) is 33.1 Å². The molecule has 1 aromatic heterocycles. The number of nitrogens with zero attached hydrogens (tertiary/aromatic N) is 4. The molecule has 3 rings (SSSR count).